The third kappa shape index (κ3) is 13.6. The molecule has 0 spiro atoms. The Kier molecular flexibility index (Phi) is 11.7. The number of rotatable bonds is 14. The molecule has 0 atom stereocenters. The van der Waals surface area contributed by atoms with Gasteiger partial charge in [0.05, 0.1) is 0 Å². The zero-order valence-corrected chi connectivity index (χ0v) is 35.8. The smallest absolute Gasteiger partial charge is 0.414 e. The normalized spacial score (nSPS) is 15.2. The van der Waals surface area contributed by atoms with Gasteiger partial charge in [-0.05, 0) is 118 Å². The van der Waals surface area contributed by atoms with E-state index < -0.39 is 67.5 Å². The van der Waals surface area contributed by atoms with Gasteiger partial charge in [0, 0.05) is 10.4 Å². The molecule has 0 heterocycles. The van der Waals surface area contributed by atoms with E-state index in [9.17, 15) is 0 Å². The summed E-state index contributed by atoms with van der Waals surface area (Å²) in [6.07, 6.45) is 0. The molecule has 0 amide bonds. The number of hydrogen-bond acceptors (Lipinski definition) is 6. The average Bonchev–Trinajstić information content (AvgIpc) is 2.52. The van der Waals surface area contributed by atoms with E-state index >= 15 is 0 Å². The molecule has 6 nitrogen and oxygen atoms in total. The molecule has 222 valence electrons. The highest BCUT2D eigenvalue weighted by atomic mass is 28.5. The van der Waals surface area contributed by atoms with Gasteiger partial charge in [0.2, 0.25) is 0 Å². The molecule has 0 aliphatic carbocycles. The van der Waals surface area contributed by atoms with E-state index in [-0.39, 0.29) is 0 Å². The Morgan fingerprint density at radius 3 is 0.526 bits per heavy atom. The molecule has 0 N–H and O–H groups in total. The van der Waals surface area contributed by atoms with Crippen LogP contribution < -0.4 is 10.4 Å². The second-order valence-electron chi connectivity index (χ2n) is 16.0. The molecule has 0 radical (unpaired) electrons. The summed E-state index contributed by atoms with van der Waals surface area (Å²) in [5.74, 6) is 0. The third-order valence-corrected chi connectivity index (χ3v) is 27.5. The highest BCUT2D eigenvalue weighted by Crippen LogP contribution is 2.28. The van der Waals surface area contributed by atoms with Crippen LogP contribution in [0.25, 0.3) is 0 Å². The van der Waals surface area contributed by atoms with Crippen LogP contribution >= 0.6 is 0 Å². The second kappa shape index (κ2) is 12.1. The summed E-state index contributed by atoms with van der Waals surface area (Å²) >= 11 is 0. The van der Waals surface area contributed by atoms with Crippen molar-refractivity contribution in [2.45, 2.75) is 118 Å². The van der Waals surface area contributed by atoms with E-state index in [2.05, 4.69) is 142 Å². The van der Waals surface area contributed by atoms with Gasteiger partial charge in [-0.2, -0.15) is 0 Å². The first-order chi connectivity index (χ1) is 16.5. The Morgan fingerprint density at radius 1 is 0.289 bits per heavy atom. The van der Waals surface area contributed by atoms with Crippen molar-refractivity contribution in [3.8, 4) is 0 Å². The van der Waals surface area contributed by atoms with Crippen molar-refractivity contribution in [3.05, 3.63) is 24.3 Å². The third-order valence-electron chi connectivity index (χ3n) is 4.24. The van der Waals surface area contributed by atoms with Crippen LogP contribution in [0, 0.1) is 0 Å². The lowest BCUT2D eigenvalue weighted by atomic mass is 10.4. The molecule has 14 heteroatoms. The van der Waals surface area contributed by atoms with Crippen LogP contribution in [-0.4, -0.2) is 67.5 Å². The summed E-state index contributed by atoms with van der Waals surface area (Å²) in [5, 5.41) is 2.04. The largest absolute Gasteiger partial charge is 0.505 e. The van der Waals surface area contributed by atoms with E-state index in [0.29, 0.717) is 0 Å². The first kappa shape index (κ1) is 36.7. The average molecular weight is 667 g/mol. The predicted molar refractivity (Wildman–Crippen MR) is 184 cm³/mol. The molecule has 38 heavy (non-hydrogen) atoms. The molecule has 1 aromatic carbocycles. The van der Waals surface area contributed by atoms with Crippen LogP contribution in [0.15, 0.2) is 24.3 Å². The van der Waals surface area contributed by atoms with Crippen LogP contribution in [0.5, 0.6) is 0 Å². The zero-order valence-electron chi connectivity index (χ0n) is 27.8. The van der Waals surface area contributed by atoms with Crippen LogP contribution in [0.2, 0.25) is 118 Å². The Hall–Kier alpha value is 0.715. The van der Waals surface area contributed by atoms with E-state index in [4.69, 9.17) is 24.7 Å². The molecule has 0 saturated heterocycles. The van der Waals surface area contributed by atoms with Gasteiger partial charge in [-0.1, -0.05) is 24.3 Å². The van der Waals surface area contributed by atoms with Crippen molar-refractivity contribution < 1.29 is 24.7 Å². The summed E-state index contributed by atoms with van der Waals surface area (Å²) in [5.41, 5.74) is 0. The summed E-state index contributed by atoms with van der Waals surface area (Å²) < 4.78 is 41.8. The molecule has 0 aromatic heterocycles. The monoisotopic (exact) mass is 666 g/mol. The molecule has 0 fully saturated rings. The Bertz CT molecular complexity index is 745. The van der Waals surface area contributed by atoms with Gasteiger partial charge in [0.15, 0.2) is 49.9 Å². The molecule has 0 saturated carbocycles. The van der Waals surface area contributed by atoms with E-state index in [1.54, 1.807) is 0 Å². The van der Waals surface area contributed by atoms with Crippen LogP contribution in [0.3, 0.4) is 0 Å². The maximum atomic E-state index is 6.97. The minimum atomic E-state index is -3.20. The Morgan fingerprint density at radius 2 is 0.421 bits per heavy atom. The second-order valence-corrected chi connectivity index (χ2v) is 49.6. The summed E-state index contributed by atoms with van der Waals surface area (Å²) in [4.78, 5) is 0. The SMILES string of the molecule is C[Si](C)(C)O[Si](O[Si](C)(C)C)(O[Si](C)(C)C)c1ccc([Si](O[Si](C)(C)C)(O[Si](C)(C)C)O[Si](C)(C)C)cc1. The van der Waals surface area contributed by atoms with Crippen molar-refractivity contribution in [3.63, 3.8) is 0 Å². The van der Waals surface area contributed by atoms with Crippen molar-refractivity contribution in [2.24, 2.45) is 0 Å². The fourth-order valence-electron chi connectivity index (χ4n) is 3.78. The van der Waals surface area contributed by atoms with Crippen LogP contribution in [-0.2, 0) is 24.7 Å². The van der Waals surface area contributed by atoms with Gasteiger partial charge in [-0.15, -0.1) is 0 Å². The lowest BCUT2D eigenvalue weighted by Gasteiger charge is -2.44. The summed E-state index contributed by atoms with van der Waals surface area (Å²) in [6, 6.07) is 8.60. The first-order valence-electron chi connectivity index (χ1n) is 13.8. The number of hydrogen-bond donors (Lipinski definition) is 0. The summed E-state index contributed by atoms with van der Waals surface area (Å²) in [6.45, 7) is 39.9. The van der Waals surface area contributed by atoms with Gasteiger partial charge in [-0.3, -0.25) is 0 Å². The molecule has 0 aliphatic rings. The molecule has 1 rings (SSSR count). The lowest BCUT2D eigenvalue weighted by Crippen LogP contribution is -2.69. The number of benzene rings is 1. The summed E-state index contributed by atoms with van der Waals surface area (Å²) in [7, 11) is -18.5. The lowest BCUT2D eigenvalue weighted by molar-refractivity contribution is 0.270. The molecule has 0 unspecified atom stereocenters. The van der Waals surface area contributed by atoms with Gasteiger partial charge in [-0.25, -0.2) is 0 Å². The van der Waals surface area contributed by atoms with Gasteiger partial charge in [0.25, 0.3) is 0 Å². The van der Waals surface area contributed by atoms with Gasteiger partial charge >= 0.3 is 17.6 Å². The molecule has 0 bridgehead atoms. The van der Waals surface area contributed by atoms with E-state index in [0.717, 1.165) is 10.4 Å². The highest BCUT2D eigenvalue weighted by molar-refractivity contribution is 6.97. The standard InChI is InChI=1S/C24H58O6Si8/c1-31(2,3)25-37(26-32(4,5)6,27-33(7,8)9)23-19-21-24(22-20-23)38(28-34(10,11)12,29-35(13,14)15)30-36(16,17)18/h19-22H,1-18H3. The fourth-order valence-corrected chi connectivity index (χ4v) is 30.4. The predicted octanol–water partition coefficient (Wildman–Crippen LogP) is 7.09. The molecule has 0 aliphatic heterocycles. The maximum Gasteiger partial charge on any atom is 0.505 e. The molecular weight excluding hydrogens is 609 g/mol. The highest BCUT2D eigenvalue weighted by Gasteiger charge is 2.54. The topological polar surface area (TPSA) is 55.4 Å². The first-order valence-corrected chi connectivity index (χ1v) is 37.7. The quantitative estimate of drug-likeness (QED) is 0.198. The van der Waals surface area contributed by atoms with Crippen molar-refractivity contribution in [1.82, 2.24) is 0 Å². The minimum absolute atomic E-state index is 1.02. The van der Waals surface area contributed by atoms with Gasteiger partial charge < -0.3 is 24.7 Å². The fraction of sp³-hybridized carbons (Fsp3) is 0.750. The Balaban J connectivity index is 3.90. The van der Waals surface area contributed by atoms with Crippen molar-refractivity contribution in [1.29, 1.82) is 0 Å². The molecular formula is C24H58O6Si8. The van der Waals surface area contributed by atoms with Crippen molar-refractivity contribution >= 4 is 77.9 Å². The maximum absolute atomic E-state index is 6.97. The molecule has 1 aromatic rings. The zero-order chi connectivity index (χ0) is 30.2. The van der Waals surface area contributed by atoms with Crippen molar-refractivity contribution in [2.75, 3.05) is 0 Å². The van der Waals surface area contributed by atoms with Crippen LogP contribution in [0.1, 0.15) is 0 Å². The minimum Gasteiger partial charge on any atom is -0.414 e. The Labute approximate surface area is 243 Å². The van der Waals surface area contributed by atoms with Gasteiger partial charge in [0.1, 0.15) is 0 Å². The van der Waals surface area contributed by atoms with Crippen LogP contribution in [0.4, 0.5) is 0 Å². The van der Waals surface area contributed by atoms with E-state index in [1.165, 1.54) is 0 Å². The van der Waals surface area contributed by atoms with E-state index in [1.807, 2.05) is 0 Å².